The minimum absolute atomic E-state index is 0.289. The number of hydrogen-bond acceptors (Lipinski definition) is 3. The predicted octanol–water partition coefficient (Wildman–Crippen LogP) is 5.22. The van der Waals surface area contributed by atoms with Crippen LogP contribution in [0.3, 0.4) is 0 Å². The minimum atomic E-state index is -0.289. The molecule has 0 radical (unpaired) electrons. The van der Waals surface area contributed by atoms with Crippen LogP contribution >= 0.6 is 0 Å². The highest BCUT2D eigenvalue weighted by molar-refractivity contribution is 5.82. The van der Waals surface area contributed by atoms with Gasteiger partial charge in [-0.2, -0.15) is 0 Å². The number of hydrogen-bond donors (Lipinski definition) is 0. The van der Waals surface area contributed by atoms with Crippen LogP contribution in [0.15, 0.2) is 33.5 Å². The molecule has 0 saturated carbocycles. The Labute approximate surface area is 148 Å². The maximum absolute atomic E-state index is 11.9. The highest BCUT2D eigenvalue weighted by Crippen LogP contribution is 2.26. The summed E-state index contributed by atoms with van der Waals surface area (Å²) in [6, 6.07) is 7.90. The molecule has 0 fully saturated rings. The average molecular weight is 336 g/mol. The normalized spacial score (nSPS) is 11.1. The highest BCUT2D eigenvalue weighted by Gasteiger charge is 2.11. The van der Waals surface area contributed by atoms with E-state index in [-0.39, 0.29) is 5.63 Å². The van der Waals surface area contributed by atoms with Crippen LogP contribution in [0, 0.1) is 41.5 Å². The Balaban J connectivity index is 1.95. The molecule has 25 heavy (non-hydrogen) atoms. The van der Waals surface area contributed by atoms with Gasteiger partial charge in [0.05, 0.1) is 0 Å². The largest absolute Gasteiger partial charge is 0.489 e. The number of ether oxygens (including phenoxy) is 1. The van der Waals surface area contributed by atoms with Crippen LogP contribution < -0.4 is 10.4 Å². The van der Waals surface area contributed by atoms with Crippen LogP contribution in [0.5, 0.6) is 5.75 Å². The van der Waals surface area contributed by atoms with Crippen LogP contribution in [0.1, 0.15) is 38.9 Å². The second-order valence-electron chi connectivity index (χ2n) is 6.83. The first-order valence-corrected chi connectivity index (χ1v) is 8.52. The fourth-order valence-electron chi connectivity index (χ4n) is 3.19. The Morgan fingerprint density at radius 2 is 1.48 bits per heavy atom. The topological polar surface area (TPSA) is 39.4 Å². The zero-order valence-electron chi connectivity index (χ0n) is 15.7. The molecule has 3 heteroatoms. The smallest absolute Gasteiger partial charge is 0.339 e. The fourth-order valence-corrected chi connectivity index (χ4v) is 3.19. The van der Waals surface area contributed by atoms with Crippen molar-refractivity contribution in [2.45, 2.75) is 48.1 Å². The third-order valence-electron chi connectivity index (χ3n) is 5.33. The molecule has 0 bridgehead atoms. The van der Waals surface area contributed by atoms with Crippen molar-refractivity contribution in [1.82, 2.24) is 0 Å². The van der Waals surface area contributed by atoms with Crippen molar-refractivity contribution >= 4 is 11.0 Å². The van der Waals surface area contributed by atoms with Crippen LogP contribution in [0.4, 0.5) is 0 Å². The second-order valence-corrected chi connectivity index (χ2v) is 6.83. The van der Waals surface area contributed by atoms with Gasteiger partial charge in [-0.15, -0.1) is 0 Å². The Bertz CT molecular complexity index is 1000. The first-order chi connectivity index (χ1) is 11.8. The summed E-state index contributed by atoms with van der Waals surface area (Å²) in [5.41, 5.74) is 8.20. The molecule has 0 aliphatic carbocycles. The SMILES string of the molecule is Cc1cc(C)c(C)c(COc2ccc3c(C)c(C)c(=O)oc3c2)c1C. The summed E-state index contributed by atoms with van der Waals surface area (Å²) in [6.07, 6.45) is 0. The Kier molecular flexibility index (Phi) is 4.42. The number of rotatable bonds is 3. The first-order valence-electron chi connectivity index (χ1n) is 8.52. The summed E-state index contributed by atoms with van der Waals surface area (Å²) in [4.78, 5) is 11.9. The van der Waals surface area contributed by atoms with Crippen molar-refractivity contribution in [2.24, 2.45) is 0 Å². The van der Waals surface area contributed by atoms with Crippen LogP contribution in [0.2, 0.25) is 0 Å². The summed E-state index contributed by atoms with van der Waals surface area (Å²) < 4.78 is 11.4. The molecule has 130 valence electrons. The number of benzene rings is 2. The number of fused-ring (bicyclic) bond motifs is 1. The molecular weight excluding hydrogens is 312 g/mol. The summed E-state index contributed by atoms with van der Waals surface area (Å²) in [5.74, 6) is 0.705. The van der Waals surface area contributed by atoms with Gasteiger partial charge in [0.15, 0.2) is 0 Å². The molecule has 3 aromatic rings. The lowest BCUT2D eigenvalue weighted by molar-refractivity contribution is 0.304. The van der Waals surface area contributed by atoms with E-state index in [1.165, 1.54) is 27.8 Å². The van der Waals surface area contributed by atoms with Crippen LogP contribution in [0.25, 0.3) is 11.0 Å². The van der Waals surface area contributed by atoms with Gasteiger partial charge in [0.25, 0.3) is 0 Å². The van der Waals surface area contributed by atoms with E-state index in [9.17, 15) is 4.79 Å². The Hall–Kier alpha value is -2.55. The lowest BCUT2D eigenvalue weighted by atomic mass is 9.95. The third-order valence-corrected chi connectivity index (χ3v) is 5.33. The van der Waals surface area contributed by atoms with Crippen LogP contribution in [-0.4, -0.2) is 0 Å². The minimum Gasteiger partial charge on any atom is -0.489 e. The van der Waals surface area contributed by atoms with Crippen molar-refractivity contribution in [2.75, 3.05) is 0 Å². The number of aryl methyl sites for hydroxylation is 3. The van der Waals surface area contributed by atoms with Gasteiger partial charge in [0, 0.05) is 17.0 Å². The molecule has 1 heterocycles. The van der Waals surface area contributed by atoms with Crippen LogP contribution in [-0.2, 0) is 6.61 Å². The second kappa shape index (κ2) is 6.40. The van der Waals surface area contributed by atoms with Gasteiger partial charge in [-0.3, -0.25) is 0 Å². The van der Waals surface area contributed by atoms with Gasteiger partial charge in [0.2, 0.25) is 0 Å². The van der Waals surface area contributed by atoms with Crippen molar-refractivity contribution in [1.29, 1.82) is 0 Å². The Morgan fingerprint density at radius 3 is 2.12 bits per heavy atom. The van der Waals surface area contributed by atoms with E-state index in [0.717, 1.165) is 10.9 Å². The van der Waals surface area contributed by atoms with Gasteiger partial charge >= 0.3 is 5.63 Å². The van der Waals surface area contributed by atoms with Gasteiger partial charge < -0.3 is 9.15 Å². The van der Waals surface area contributed by atoms with Gasteiger partial charge in [0.1, 0.15) is 17.9 Å². The molecule has 0 atom stereocenters. The van der Waals surface area contributed by atoms with E-state index in [1.807, 2.05) is 19.1 Å². The van der Waals surface area contributed by atoms with E-state index in [0.29, 0.717) is 23.5 Å². The molecule has 0 saturated heterocycles. The zero-order chi connectivity index (χ0) is 18.3. The van der Waals surface area contributed by atoms with E-state index in [1.54, 1.807) is 13.0 Å². The summed E-state index contributed by atoms with van der Waals surface area (Å²) in [6.45, 7) is 12.7. The monoisotopic (exact) mass is 336 g/mol. The molecule has 3 nitrogen and oxygen atoms in total. The molecular formula is C22H24O3. The molecule has 0 N–H and O–H groups in total. The van der Waals surface area contributed by atoms with Gasteiger partial charge in [-0.1, -0.05) is 6.07 Å². The standard InChI is InChI=1S/C22H24O3/c1-12-9-13(2)15(4)20(14(12)3)11-24-18-7-8-19-16(5)17(6)22(23)25-21(19)10-18/h7-10H,11H2,1-6H3. The lowest BCUT2D eigenvalue weighted by Crippen LogP contribution is -2.06. The predicted molar refractivity (Wildman–Crippen MR) is 102 cm³/mol. The molecule has 2 aromatic carbocycles. The van der Waals surface area contributed by atoms with Crippen molar-refractivity contribution < 1.29 is 9.15 Å². The van der Waals surface area contributed by atoms with E-state index >= 15 is 0 Å². The van der Waals surface area contributed by atoms with E-state index in [4.69, 9.17) is 9.15 Å². The van der Waals surface area contributed by atoms with Crippen molar-refractivity contribution in [3.05, 3.63) is 73.6 Å². The molecule has 0 aliphatic heterocycles. The van der Waals surface area contributed by atoms with E-state index < -0.39 is 0 Å². The lowest BCUT2D eigenvalue weighted by Gasteiger charge is -2.16. The van der Waals surface area contributed by atoms with Crippen molar-refractivity contribution in [3.8, 4) is 5.75 Å². The summed E-state index contributed by atoms with van der Waals surface area (Å²) >= 11 is 0. The summed E-state index contributed by atoms with van der Waals surface area (Å²) in [5, 5.41) is 0.947. The van der Waals surface area contributed by atoms with Gasteiger partial charge in [-0.05, 0) is 87.1 Å². The Morgan fingerprint density at radius 1 is 0.840 bits per heavy atom. The first kappa shape index (κ1) is 17.3. The molecule has 0 aliphatic rings. The molecule has 0 spiro atoms. The van der Waals surface area contributed by atoms with Crippen molar-refractivity contribution in [3.63, 3.8) is 0 Å². The maximum atomic E-state index is 11.9. The van der Waals surface area contributed by atoms with Gasteiger partial charge in [-0.25, -0.2) is 4.79 Å². The van der Waals surface area contributed by atoms with E-state index in [2.05, 4.69) is 33.8 Å². The highest BCUT2D eigenvalue weighted by atomic mass is 16.5. The quantitative estimate of drug-likeness (QED) is 0.615. The molecule has 3 rings (SSSR count). The molecule has 0 amide bonds. The third kappa shape index (κ3) is 3.07. The maximum Gasteiger partial charge on any atom is 0.339 e. The zero-order valence-corrected chi connectivity index (χ0v) is 15.7. The molecule has 0 unspecified atom stereocenters. The average Bonchev–Trinajstić information content (AvgIpc) is 2.58. The molecule has 1 aromatic heterocycles. The fraction of sp³-hybridized carbons (Fsp3) is 0.318. The summed E-state index contributed by atoms with van der Waals surface area (Å²) in [7, 11) is 0.